The number of benzene rings is 2. The van der Waals surface area contributed by atoms with Crippen LogP contribution in [-0.4, -0.2) is 24.3 Å². The van der Waals surface area contributed by atoms with E-state index in [1.54, 1.807) is 39.2 Å². The van der Waals surface area contributed by atoms with Crippen LogP contribution in [0.3, 0.4) is 0 Å². The van der Waals surface area contributed by atoms with Crippen molar-refractivity contribution < 1.29 is 18.7 Å². The molecule has 1 atom stereocenters. The van der Waals surface area contributed by atoms with Crippen molar-refractivity contribution in [1.82, 2.24) is 4.57 Å². The first-order valence-electron chi connectivity index (χ1n) is 12.1. The summed E-state index contributed by atoms with van der Waals surface area (Å²) in [5.74, 6) is 1.28. The van der Waals surface area contributed by atoms with Crippen LogP contribution in [0, 0.1) is 6.92 Å². The molecule has 0 saturated carbocycles. The fourth-order valence-corrected chi connectivity index (χ4v) is 6.28. The summed E-state index contributed by atoms with van der Waals surface area (Å²) in [4.78, 5) is 32.0. The fraction of sp³-hybridized carbons (Fsp3) is 0.207. The number of carbonyl (C=O) groups is 1. The van der Waals surface area contributed by atoms with Crippen LogP contribution in [0.1, 0.15) is 36.8 Å². The standard InChI is InChI=1S/C29H24BrClN2O5S/c1-5-37-28(35)25-16(3)32-29-33(26(25)17-7-10-23(36-4)21(30)12-17)27(34)24(39-29)14-19-9-11-22(38-19)20-13-18(31)8-6-15(20)2/h6-14,26H,5H2,1-4H3/b24-14-. The number of halogens is 2. The maximum absolute atomic E-state index is 13.8. The molecule has 1 aliphatic heterocycles. The molecule has 0 bridgehead atoms. The number of aromatic nitrogens is 1. The highest BCUT2D eigenvalue weighted by Crippen LogP contribution is 2.35. The van der Waals surface area contributed by atoms with E-state index < -0.39 is 12.0 Å². The number of esters is 1. The normalized spacial score (nSPS) is 15.2. The first-order valence-corrected chi connectivity index (χ1v) is 14.1. The summed E-state index contributed by atoms with van der Waals surface area (Å²) in [5, 5.41) is 0.611. The third kappa shape index (κ3) is 5.14. The smallest absolute Gasteiger partial charge is 0.338 e. The topological polar surface area (TPSA) is 83.0 Å². The minimum absolute atomic E-state index is 0.200. The van der Waals surface area contributed by atoms with Crippen LogP contribution in [-0.2, 0) is 9.53 Å². The molecule has 200 valence electrons. The van der Waals surface area contributed by atoms with Gasteiger partial charge in [0.25, 0.3) is 5.56 Å². The van der Waals surface area contributed by atoms with Gasteiger partial charge < -0.3 is 13.9 Å². The summed E-state index contributed by atoms with van der Waals surface area (Å²) < 4.78 is 19.5. The lowest BCUT2D eigenvalue weighted by atomic mass is 9.96. The van der Waals surface area contributed by atoms with Gasteiger partial charge in [0.2, 0.25) is 0 Å². The molecule has 1 aliphatic rings. The second-order valence-electron chi connectivity index (χ2n) is 8.86. The Labute approximate surface area is 241 Å². The summed E-state index contributed by atoms with van der Waals surface area (Å²) >= 11 is 10.9. The number of thiazole rings is 1. The highest BCUT2D eigenvalue weighted by Gasteiger charge is 2.33. The SMILES string of the molecule is CCOC(=O)C1=C(C)N=c2s/c(=C\c3ccc(-c4cc(Cl)ccc4C)o3)c(=O)n2C1c1ccc(OC)c(Br)c1. The van der Waals surface area contributed by atoms with E-state index in [-0.39, 0.29) is 12.2 Å². The average Bonchev–Trinajstić information content (AvgIpc) is 3.49. The lowest BCUT2D eigenvalue weighted by Crippen LogP contribution is -2.39. The lowest BCUT2D eigenvalue weighted by molar-refractivity contribution is -0.139. The van der Waals surface area contributed by atoms with Gasteiger partial charge in [-0.25, -0.2) is 9.79 Å². The molecule has 0 N–H and O–H groups in total. The number of hydrogen-bond acceptors (Lipinski definition) is 7. The third-order valence-corrected chi connectivity index (χ3v) is 8.21. The molecule has 0 fully saturated rings. The van der Waals surface area contributed by atoms with Gasteiger partial charge in [0.15, 0.2) is 4.80 Å². The molecule has 3 heterocycles. The van der Waals surface area contributed by atoms with Gasteiger partial charge in [-0.1, -0.05) is 35.1 Å². The van der Waals surface area contributed by atoms with E-state index in [9.17, 15) is 9.59 Å². The van der Waals surface area contributed by atoms with Crippen molar-refractivity contribution in [2.24, 2.45) is 4.99 Å². The van der Waals surface area contributed by atoms with Crippen molar-refractivity contribution in [2.45, 2.75) is 26.8 Å². The molecule has 10 heteroatoms. The van der Waals surface area contributed by atoms with Gasteiger partial charge in [-0.3, -0.25) is 9.36 Å². The number of hydrogen-bond donors (Lipinski definition) is 0. The Morgan fingerprint density at radius 3 is 2.72 bits per heavy atom. The van der Waals surface area contributed by atoms with Crippen LogP contribution in [0.15, 0.2) is 78.5 Å². The fourth-order valence-electron chi connectivity index (χ4n) is 4.52. The Bertz CT molecular complexity index is 1820. The van der Waals surface area contributed by atoms with Crippen molar-refractivity contribution in [3.8, 4) is 17.1 Å². The number of fused-ring (bicyclic) bond motifs is 1. The van der Waals surface area contributed by atoms with Gasteiger partial charge >= 0.3 is 5.97 Å². The molecule has 1 unspecified atom stereocenters. The Morgan fingerprint density at radius 2 is 2.00 bits per heavy atom. The van der Waals surface area contributed by atoms with Crippen molar-refractivity contribution in [3.63, 3.8) is 0 Å². The van der Waals surface area contributed by atoms with Gasteiger partial charge in [0.1, 0.15) is 17.3 Å². The largest absolute Gasteiger partial charge is 0.496 e. The van der Waals surface area contributed by atoms with Gasteiger partial charge in [-0.15, -0.1) is 0 Å². The molecule has 0 aliphatic carbocycles. The van der Waals surface area contributed by atoms with E-state index in [4.69, 9.17) is 25.5 Å². The number of aryl methyl sites for hydroxylation is 1. The maximum atomic E-state index is 13.8. The Kier molecular flexibility index (Phi) is 7.66. The highest BCUT2D eigenvalue weighted by atomic mass is 79.9. The molecule has 2 aromatic heterocycles. The van der Waals surface area contributed by atoms with Gasteiger partial charge in [0, 0.05) is 16.7 Å². The molecule has 2 aromatic carbocycles. The van der Waals surface area contributed by atoms with Crippen molar-refractivity contribution in [1.29, 1.82) is 0 Å². The van der Waals surface area contributed by atoms with Crippen LogP contribution >= 0.6 is 38.9 Å². The van der Waals surface area contributed by atoms with E-state index in [0.717, 1.165) is 11.1 Å². The zero-order chi connectivity index (χ0) is 27.8. The number of allylic oxidation sites excluding steroid dienone is 1. The number of furan rings is 1. The molecule has 39 heavy (non-hydrogen) atoms. The van der Waals surface area contributed by atoms with Crippen LogP contribution in [0.25, 0.3) is 17.4 Å². The monoisotopic (exact) mass is 626 g/mol. The van der Waals surface area contributed by atoms with E-state index in [1.165, 1.54) is 15.9 Å². The van der Waals surface area contributed by atoms with Crippen LogP contribution in [0.5, 0.6) is 5.75 Å². The predicted octanol–water partition coefficient (Wildman–Crippen LogP) is 5.79. The van der Waals surface area contributed by atoms with Crippen molar-refractivity contribution in [2.75, 3.05) is 13.7 Å². The van der Waals surface area contributed by atoms with E-state index in [2.05, 4.69) is 20.9 Å². The van der Waals surface area contributed by atoms with Crippen molar-refractivity contribution >= 4 is 50.9 Å². The molecule has 0 amide bonds. The van der Waals surface area contributed by atoms with E-state index >= 15 is 0 Å². The minimum atomic E-state index is -0.731. The molecule has 0 saturated heterocycles. The van der Waals surface area contributed by atoms with Gasteiger partial charge in [-0.05, 0) is 84.2 Å². The summed E-state index contributed by atoms with van der Waals surface area (Å²) in [6.45, 7) is 5.67. The zero-order valence-electron chi connectivity index (χ0n) is 21.6. The van der Waals surface area contributed by atoms with E-state index in [0.29, 0.717) is 52.9 Å². The summed E-state index contributed by atoms with van der Waals surface area (Å²) in [7, 11) is 1.57. The Balaban J connectivity index is 1.65. The summed E-state index contributed by atoms with van der Waals surface area (Å²) in [6.07, 6.45) is 1.69. The molecule has 5 rings (SSSR count). The second-order valence-corrected chi connectivity index (χ2v) is 11.2. The van der Waals surface area contributed by atoms with E-state index in [1.807, 2.05) is 43.3 Å². The molecule has 7 nitrogen and oxygen atoms in total. The molecular formula is C29H24BrClN2O5S. The first kappa shape index (κ1) is 27.2. The number of ether oxygens (including phenoxy) is 2. The Hall–Kier alpha value is -3.40. The minimum Gasteiger partial charge on any atom is -0.496 e. The summed E-state index contributed by atoms with van der Waals surface area (Å²) in [5.41, 5.74) is 3.13. The van der Waals surface area contributed by atoms with Crippen molar-refractivity contribution in [3.05, 3.63) is 106 Å². The highest BCUT2D eigenvalue weighted by molar-refractivity contribution is 9.10. The molecule has 0 radical (unpaired) electrons. The van der Waals surface area contributed by atoms with Gasteiger partial charge in [0.05, 0.1) is 40.0 Å². The zero-order valence-corrected chi connectivity index (χ0v) is 24.7. The molecule has 4 aromatic rings. The second kappa shape index (κ2) is 11.0. The number of methoxy groups -OCH3 is 1. The van der Waals surface area contributed by atoms with Crippen LogP contribution in [0.2, 0.25) is 5.02 Å². The predicted molar refractivity (Wildman–Crippen MR) is 155 cm³/mol. The molecular weight excluding hydrogens is 604 g/mol. The summed E-state index contributed by atoms with van der Waals surface area (Å²) in [6, 6.07) is 14.0. The third-order valence-electron chi connectivity index (χ3n) is 6.37. The number of rotatable bonds is 6. The first-order chi connectivity index (χ1) is 18.7. The maximum Gasteiger partial charge on any atom is 0.338 e. The quantitative estimate of drug-likeness (QED) is 0.253. The molecule has 0 spiro atoms. The van der Waals surface area contributed by atoms with Crippen LogP contribution in [0.4, 0.5) is 0 Å². The lowest BCUT2D eigenvalue weighted by Gasteiger charge is -2.25. The van der Waals surface area contributed by atoms with Crippen LogP contribution < -0.4 is 19.6 Å². The number of nitrogens with zero attached hydrogens (tertiary/aromatic N) is 2. The average molecular weight is 628 g/mol. The number of carbonyl (C=O) groups excluding carboxylic acids is 1. The Morgan fingerprint density at radius 1 is 1.21 bits per heavy atom. The van der Waals surface area contributed by atoms with Gasteiger partial charge in [-0.2, -0.15) is 0 Å².